The third-order valence-corrected chi connectivity index (χ3v) is 5.67. The van der Waals surface area contributed by atoms with Crippen molar-refractivity contribution in [2.45, 2.75) is 46.6 Å². The predicted molar refractivity (Wildman–Crippen MR) is 58.7 cm³/mol. The van der Waals surface area contributed by atoms with Crippen LogP contribution in [0, 0.1) is 6.04 Å². The maximum atomic E-state index is 5.81. The van der Waals surface area contributed by atoms with Crippen LogP contribution in [-0.2, 0) is 8.85 Å². The Labute approximate surface area is 83.9 Å². The van der Waals surface area contributed by atoms with E-state index in [4.69, 9.17) is 8.85 Å². The van der Waals surface area contributed by atoms with Crippen molar-refractivity contribution in [2.24, 2.45) is 0 Å². The molecule has 0 spiro atoms. The second kappa shape index (κ2) is 7.53. The molecule has 0 saturated carbocycles. The Morgan fingerprint density at radius 1 is 1.00 bits per heavy atom. The molecule has 0 aliphatic carbocycles. The van der Waals surface area contributed by atoms with E-state index in [0.29, 0.717) is 0 Å². The lowest BCUT2D eigenvalue weighted by molar-refractivity contribution is 0.189. The third-order valence-electron chi connectivity index (χ3n) is 1.89. The molecule has 0 saturated heterocycles. The van der Waals surface area contributed by atoms with Crippen LogP contribution < -0.4 is 0 Å². The minimum absolute atomic E-state index is 0.767. The Kier molecular flexibility index (Phi) is 7.61. The summed E-state index contributed by atoms with van der Waals surface area (Å²) in [5, 5.41) is 0. The van der Waals surface area contributed by atoms with E-state index in [-0.39, 0.29) is 0 Å². The number of rotatable bonds is 8. The number of hydrogen-bond acceptors (Lipinski definition) is 2. The lowest BCUT2D eigenvalue weighted by Gasteiger charge is -2.29. The largest absolute Gasteiger partial charge is 0.394 e. The van der Waals surface area contributed by atoms with E-state index in [2.05, 4.69) is 19.9 Å². The summed E-state index contributed by atoms with van der Waals surface area (Å²) in [5.74, 6) is 0. The molecule has 0 aromatic carbocycles. The fourth-order valence-electron chi connectivity index (χ4n) is 1.55. The summed E-state index contributed by atoms with van der Waals surface area (Å²) in [6.45, 7) is 9.95. The Hall–Kier alpha value is 0.137. The van der Waals surface area contributed by atoms with Crippen molar-refractivity contribution in [3.8, 4) is 0 Å². The van der Waals surface area contributed by atoms with Gasteiger partial charge in [0.25, 0.3) is 0 Å². The fourth-order valence-corrected chi connectivity index (χ4v) is 4.66. The lowest BCUT2D eigenvalue weighted by Crippen LogP contribution is -2.43. The maximum Gasteiger partial charge on any atom is 0.341 e. The van der Waals surface area contributed by atoms with Gasteiger partial charge in [-0.25, -0.2) is 0 Å². The van der Waals surface area contributed by atoms with Gasteiger partial charge in [-0.3, -0.25) is 0 Å². The highest BCUT2D eigenvalue weighted by atomic mass is 28.4. The van der Waals surface area contributed by atoms with Crippen LogP contribution >= 0.6 is 0 Å². The first kappa shape index (κ1) is 13.1. The van der Waals surface area contributed by atoms with Gasteiger partial charge < -0.3 is 8.85 Å². The summed E-state index contributed by atoms with van der Waals surface area (Å²) < 4.78 is 11.6. The molecule has 0 amide bonds. The molecule has 2 nitrogen and oxygen atoms in total. The van der Waals surface area contributed by atoms with Gasteiger partial charge in [0.1, 0.15) is 0 Å². The lowest BCUT2D eigenvalue weighted by atomic mass is 10.6. The van der Waals surface area contributed by atoms with Crippen molar-refractivity contribution in [2.75, 3.05) is 13.2 Å². The second-order valence-electron chi connectivity index (χ2n) is 3.04. The first-order valence-electron chi connectivity index (χ1n) is 5.36. The van der Waals surface area contributed by atoms with E-state index in [1.807, 2.05) is 13.8 Å². The zero-order valence-corrected chi connectivity index (χ0v) is 10.4. The first-order valence-corrected chi connectivity index (χ1v) is 7.47. The van der Waals surface area contributed by atoms with E-state index in [1.54, 1.807) is 0 Å². The summed E-state index contributed by atoms with van der Waals surface area (Å²) in [5.41, 5.74) is 0. The molecule has 0 atom stereocenters. The van der Waals surface area contributed by atoms with Crippen LogP contribution in [0.25, 0.3) is 0 Å². The van der Waals surface area contributed by atoms with Crippen LogP contribution in [0.15, 0.2) is 0 Å². The van der Waals surface area contributed by atoms with Gasteiger partial charge >= 0.3 is 8.56 Å². The molecular formula is C10H23O2Si. The van der Waals surface area contributed by atoms with E-state index >= 15 is 0 Å². The van der Waals surface area contributed by atoms with Crippen LogP contribution in [0.4, 0.5) is 0 Å². The zero-order valence-electron chi connectivity index (χ0n) is 9.43. The molecule has 0 aliphatic rings. The van der Waals surface area contributed by atoms with Gasteiger partial charge in [0.05, 0.1) is 0 Å². The van der Waals surface area contributed by atoms with Crippen LogP contribution in [0.5, 0.6) is 0 Å². The zero-order chi connectivity index (χ0) is 10.2. The molecule has 79 valence electrons. The molecule has 3 heteroatoms. The molecule has 0 unspecified atom stereocenters. The van der Waals surface area contributed by atoms with E-state index in [1.165, 1.54) is 0 Å². The van der Waals surface area contributed by atoms with Crippen LogP contribution in [0.2, 0.25) is 6.04 Å². The highest BCUT2D eigenvalue weighted by Gasteiger charge is 2.34. The molecule has 0 heterocycles. The van der Waals surface area contributed by atoms with Crippen molar-refractivity contribution in [3.63, 3.8) is 0 Å². The molecule has 0 aliphatic heterocycles. The molecule has 0 bridgehead atoms. The Bertz CT molecular complexity index is 88.0. The van der Waals surface area contributed by atoms with Crippen LogP contribution in [-0.4, -0.2) is 21.8 Å². The fraction of sp³-hybridized carbons (Fsp3) is 0.900. The summed E-state index contributed by atoms with van der Waals surface area (Å²) in [6, 6.07) is 3.35. The first-order chi connectivity index (χ1) is 6.24. The number of hydrogen-bond donors (Lipinski definition) is 0. The van der Waals surface area contributed by atoms with Gasteiger partial charge in [0.15, 0.2) is 0 Å². The van der Waals surface area contributed by atoms with Crippen molar-refractivity contribution >= 4 is 8.56 Å². The molecule has 13 heavy (non-hydrogen) atoms. The monoisotopic (exact) mass is 203 g/mol. The topological polar surface area (TPSA) is 18.5 Å². The summed E-state index contributed by atoms with van der Waals surface area (Å²) in [7, 11) is -1.92. The Morgan fingerprint density at radius 2 is 1.54 bits per heavy atom. The average Bonchev–Trinajstić information content (AvgIpc) is 2.06. The Balaban J connectivity index is 4.19. The normalized spacial score (nSPS) is 12.0. The van der Waals surface area contributed by atoms with Crippen LogP contribution in [0.1, 0.15) is 40.5 Å². The smallest absolute Gasteiger partial charge is 0.341 e. The minimum atomic E-state index is -1.92. The Morgan fingerprint density at radius 3 is 1.85 bits per heavy atom. The van der Waals surface area contributed by atoms with Gasteiger partial charge in [-0.15, -0.1) is 0 Å². The molecular weight excluding hydrogens is 180 g/mol. The molecule has 0 aromatic rings. The molecule has 0 N–H and O–H groups in total. The van der Waals surface area contributed by atoms with Crippen molar-refractivity contribution in [3.05, 3.63) is 6.04 Å². The quantitative estimate of drug-likeness (QED) is 0.564. The highest BCUT2D eigenvalue weighted by Crippen LogP contribution is 2.20. The van der Waals surface area contributed by atoms with E-state index in [9.17, 15) is 0 Å². The van der Waals surface area contributed by atoms with Gasteiger partial charge in [-0.2, -0.15) is 0 Å². The minimum Gasteiger partial charge on any atom is -0.394 e. The highest BCUT2D eigenvalue weighted by molar-refractivity contribution is 6.71. The standard InChI is InChI=1S/C10H23O2Si/c1-5-9-13(10-6-2,11-7-3)12-8-4/h9H,5-8,10H2,1-4H3. The van der Waals surface area contributed by atoms with Crippen molar-refractivity contribution in [1.82, 2.24) is 0 Å². The van der Waals surface area contributed by atoms with Gasteiger partial charge in [0.2, 0.25) is 0 Å². The van der Waals surface area contributed by atoms with E-state index < -0.39 is 8.56 Å². The van der Waals surface area contributed by atoms with Crippen molar-refractivity contribution < 1.29 is 8.85 Å². The molecule has 1 radical (unpaired) electrons. The van der Waals surface area contributed by atoms with Gasteiger partial charge in [-0.1, -0.05) is 26.7 Å². The van der Waals surface area contributed by atoms with Gasteiger partial charge in [-0.05, 0) is 19.9 Å². The van der Waals surface area contributed by atoms with Gasteiger partial charge in [0, 0.05) is 19.3 Å². The third kappa shape index (κ3) is 4.79. The van der Waals surface area contributed by atoms with Crippen LogP contribution in [0.3, 0.4) is 0 Å². The second-order valence-corrected chi connectivity index (χ2v) is 6.15. The predicted octanol–water partition coefficient (Wildman–Crippen LogP) is 3.07. The summed E-state index contributed by atoms with van der Waals surface area (Å²) in [4.78, 5) is 0. The maximum absolute atomic E-state index is 5.81. The SMILES string of the molecule is CC[CH][Si](CCC)(OCC)OCC. The van der Waals surface area contributed by atoms with Crippen molar-refractivity contribution in [1.29, 1.82) is 0 Å². The summed E-state index contributed by atoms with van der Waals surface area (Å²) >= 11 is 0. The molecule has 0 fully saturated rings. The summed E-state index contributed by atoms with van der Waals surface area (Å²) in [6.07, 6.45) is 2.19. The average molecular weight is 203 g/mol. The molecule has 0 aromatic heterocycles. The molecule has 0 rings (SSSR count). The van der Waals surface area contributed by atoms with E-state index in [0.717, 1.165) is 32.1 Å².